The fourth-order valence-corrected chi connectivity index (χ4v) is 1.28. The minimum atomic E-state index is -0.364. The molecule has 0 unspecified atom stereocenters. The largest absolute Gasteiger partial charge is 0.468 e. The van der Waals surface area contributed by atoms with Crippen molar-refractivity contribution >= 4 is 12.2 Å². The van der Waals surface area contributed by atoms with Crippen molar-refractivity contribution in [3.8, 4) is 11.5 Å². The van der Waals surface area contributed by atoms with Gasteiger partial charge in [0.15, 0.2) is 11.5 Å². The molecule has 1 aliphatic heterocycles. The highest BCUT2D eigenvalue weighted by molar-refractivity contribution is 5.83. The Kier molecular flexibility index (Phi) is 3.05. The van der Waals surface area contributed by atoms with Gasteiger partial charge in [0.1, 0.15) is 6.54 Å². The molecular weight excluding hydrogens is 210 g/mol. The van der Waals surface area contributed by atoms with Crippen LogP contribution < -0.4 is 9.47 Å². The van der Waals surface area contributed by atoms with Crippen LogP contribution in [0.5, 0.6) is 11.5 Å². The van der Waals surface area contributed by atoms with E-state index in [0.717, 1.165) is 11.3 Å². The van der Waals surface area contributed by atoms with Crippen LogP contribution in [-0.2, 0) is 9.53 Å². The lowest BCUT2D eigenvalue weighted by molar-refractivity contribution is -0.138. The number of rotatable bonds is 3. The number of hydrogen-bond acceptors (Lipinski definition) is 5. The molecule has 0 fully saturated rings. The summed E-state index contributed by atoms with van der Waals surface area (Å²) in [6.45, 7) is 0.267. The van der Waals surface area contributed by atoms with Crippen LogP contribution in [0, 0.1) is 0 Å². The molecule has 0 aromatic heterocycles. The number of fused-ring (bicyclic) bond motifs is 1. The van der Waals surface area contributed by atoms with E-state index in [9.17, 15) is 4.79 Å². The van der Waals surface area contributed by atoms with Crippen LogP contribution >= 0.6 is 0 Å². The van der Waals surface area contributed by atoms with Gasteiger partial charge in [-0.15, -0.1) is 0 Å². The van der Waals surface area contributed by atoms with Crippen LogP contribution in [0.15, 0.2) is 23.2 Å². The normalized spacial score (nSPS) is 13.1. The highest BCUT2D eigenvalue weighted by Gasteiger charge is 2.12. The lowest BCUT2D eigenvalue weighted by Crippen LogP contribution is -2.04. The molecule has 1 heterocycles. The second-order valence-corrected chi connectivity index (χ2v) is 3.16. The van der Waals surface area contributed by atoms with Crippen molar-refractivity contribution in [2.45, 2.75) is 0 Å². The summed E-state index contributed by atoms with van der Waals surface area (Å²) in [6, 6.07) is 5.46. The van der Waals surface area contributed by atoms with Crippen molar-refractivity contribution in [2.24, 2.45) is 4.99 Å². The number of nitrogens with zero attached hydrogens (tertiary/aromatic N) is 1. The van der Waals surface area contributed by atoms with E-state index in [1.807, 2.05) is 18.2 Å². The maximum absolute atomic E-state index is 10.8. The third-order valence-corrected chi connectivity index (χ3v) is 2.09. The molecule has 5 nitrogen and oxygen atoms in total. The van der Waals surface area contributed by atoms with Gasteiger partial charge in [0.2, 0.25) is 6.79 Å². The summed E-state index contributed by atoms with van der Waals surface area (Å²) in [7, 11) is 1.33. The van der Waals surface area contributed by atoms with Gasteiger partial charge in [-0.3, -0.25) is 9.79 Å². The minimum absolute atomic E-state index is 0.0188. The summed E-state index contributed by atoms with van der Waals surface area (Å²) in [5.41, 5.74) is 0.855. The molecule has 0 N–H and O–H groups in total. The van der Waals surface area contributed by atoms with Crippen LogP contribution in [0.1, 0.15) is 5.56 Å². The molecule has 0 atom stereocenters. The van der Waals surface area contributed by atoms with Gasteiger partial charge in [-0.25, -0.2) is 0 Å². The van der Waals surface area contributed by atoms with E-state index < -0.39 is 0 Å². The fourth-order valence-electron chi connectivity index (χ4n) is 1.28. The van der Waals surface area contributed by atoms with Crippen LogP contribution in [0.2, 0.25) is 0 Å². The van der Waals surface area contributed by atoms with E-state index in [1.54, 1.807) is 6.21 Å². The van der Waals surface area contributed by atoms with Crippen LogP contribution in [-0.4, -0.2) is 32.6 Å². The zero-order chi connectivity index (χ0) is 11.4. The molecule has 1 aliphatic rings. The Balaban J connectivity index is 2.02. The Morgan fingerprint density at radius 3 is 3.12 bits per heavy atom. The third kappa shape index (κ3) is 2.31. The molecule has 1 aromatic carbocycles. The van der Waals surface area contributed by atoms with E-state index in [2.05, 4.69) is 9.73 Å². The van der Waals surface area contributed by atoms with E-state index in [-0.39, 0.29) is 19.3 Å². The van der Waals surface area contributed by atoms with Gasteiger partial charge in [0.05, 0.1) is 7.11 Å². The predicted octanol–water partition coefficient (Wildman–Crippen LogP) is 1.01. The van der Waals surface area contributed by atoms with Crippen molar-refractivity contribution in [3.63, 3.8) is 0 Å². The summed E-state index contributed by atoms with van der Waals surface area (Å²) in [6.07, 6.45) is 1.60. The van der Waals surface area contributed by atoms with E-state index in [1.165, 1.54) is 7.11 Å². The molecular formula is C11H11NO4. The Morgan fingerprint density at radius 1 is 1.50 bits per heavy atom. The first-order chi connectivity index (χ1) is 7.79. The zero-order valence-electron chi connectivity index (χ0n) is 8.80. The molecule has 0 aliphatic carbocycles. The quantitative estimate of drug-likeness (QED) is 0.564. The van der Waals surface area contributed by atoms with E-state index in [4.69, 9.17) is 9.47 Å². The molecule has 0 saturated heterocycles. The number of carbonyl (C=O) groups excluding carboxylic acids is 1. The van der Waals surface area contributed by atoms with Crippen LogP contribution in [0.3, 0.4) is 0 Å². The van der Waals surface area contributed by atoms with Gasteiger partial charge < -0.3 is 14.2 Å². The summed E-state index contributed by atoms with van der Waals surface area (Å²) in [4.78, 5) is 14.8. The summed E-state index contributed by atoms with van der Waals surface area (Å²) in [5, 5.41) is 0. The van der Waals surface area contributed by atoms with Crippen molar-refractivity contribution < 1.29 is 19.0 Å². The van der Waals surface area contributed by atoms with Gasteiger partial charge in [-0.05, 0) is 23.8 Å². The Morgan fingerprint density at radius 2 is 2.31 bits per heavy atom. The molecule has 1 aromatic rings. The predicted molar refractivity (Wildman–Crippen MR) is 57.0 cm³/mol. The van der Waals surface area contributed by atoms with E-state index in [0.29, 0.717) is 5.75 Å². The highest BCUT2D eigenvalue weighted by atomic mass is 16.7. The number of benzene rings is 1. The number of methoxy groups -OCH3 is 1. The summed E-state index contributed by atoms with van der Waals surface area (Å²) >= 11 is 0. The van der Waals surface area contributed by atoms with Gasteiger partial charge in [0, 0.05) is 6.21 Å². The lowest BCUT2D eigenvalue weighted by Gasteiger charge is -1.97. The molecule has 2 rings (SSSR count). The average Bonchev–Trinajstić information content (AvgIpc) is 2.76. The molecule has 0 bridgehead atoms. The zero-order valence-corrected chi connectivity index (χ0v) is 8.80. The number of ether oxygens (including phenoxy) is 3. The number of carbonyl (C=O) groups is 1. The average molecular weight is 221 g/mol. The van der Waals surface area contributed by atoms with Crippen molar-refractivity contribution in [3.05, 3.63) is 23.8 Å². The summed E-state index contributed by atoms with van der Waals surface area (Å²) < 4.78 is 14.8. The monoisotopic (exact) mass is 221 g/mol. The smallest absolute Gasteiger partial charge is 0.327 e. The fraction of sp³-hybridized carbons (Fsp3) is 0.273. The lowest BCUT2D eigenvalue weighted by atomic mass is 10.2. The van der Waals surface area contributed by atoms with Crippen LogP contribution in [0.25, 0.3) is 0 Å². The van der Waals surface area contributed by atoms with E-state index >= 15 is 0 Å². The van der Waals surface area contributed by atoms with Crippen molar-refractivity contribution in [1.82, 2.24) is 0 Å². The maximum atomic E-state index is 10.8. The Bertz CT molecular complexity index is 428. The maximum Gasteiger partial charge on any atom is 0.327 e. The molecule has 0 spiro atoms. The standard InChI is InChI=1S/C11H11NO4/c1-14-11(13)6-12-5-8-2-3-9-10(4-8)16-7-15-9/h2-5H,6-7H2,1H3. The Hall–Kier alpha value is -2.04. The van der Waals surface area contributed by atoms with Gasteiger partial charge >= 0.3 is 5.97 Å². The molecule has 0 radical (unpaired) electrons. The molecule has 0 saturated carbocycles. The first-order valence-corrected chi connectivity index (χ1v) is 4.76. The number of aliphatic imine (C=N–C) groups is 1. The van der Waals surface area contributed by atoms with Crippen LogP contribution in [0.4, 0.5) is 0 Å². The van der Waals surface area contributed by atoms with Gasteiger partial charge in [-0.1, -0.05) is 0 Å². The number of esters is 1. The van der Waals surface area contributed by atoms with Crippen molar-refractivity contribution in [1.29, 1.82) is 0 Å². The number of hydrogen-bond donors (Lipinski definition) is 0. The second kappa shape index (κ2) is 4.65. The molecule has 84 valence electrons. The third-order valence-electron chi connectivity index (χ3n) is 2.09. The first-order valence-electron chi connectivity index (χ1n) is 4.76. The van der Waals surface area contributed by atoms with Crippen molar-refractivity contribution in [2.75, 3.05) is 20.4 Å². The summed E-state index contributed by atoms with van der Waals surface area (Å²) in [5.74, 6) is 1.06. The second-order valence-electron chi connectivity index (χ2n) is 3.16. The molecule has 0 amide bonds. The first kappa shape index (κ1) is 10.5. The van der Waals surface area contributed by atoms with Gasteiger partial charge in [-0.2, -0.15) is 0 Å². The Labute approximate surface area is 92.6 Å². The van der Waals surface area contributed by atoms with Gasteiger partial charge in [0.25, 0.3) is 0 Å². The highest BCUT2D eigenvalue weighted by Crippen LogP contribution is 2.31. The SMILES string of the molecule is COC(=O)CN=Cc1ccc2c(c1)OCO2. The topological polar surface area (TPSA) is 57.1 Å². The molecule has 16 heavy (non-hydrogen) atoms. The minimum Gasteiger partial charge on any atom is -0.468 e. The molecule has 5 heteroatoms.